The Kier molecular flexibility index (Phi) is 2.61. The van der Waals surface area contributed by atoms with Crippen molar-refractivity contribution in [1.82, 2.24) is 0 Å². The van der Waals surface area contributed by atoms with Crippen LogP contribution in [0.4, 0.5) is 0 Å². The Morgan fingerprint density at radius 3 is 1.86 bits per heavy atom. The molecule has 1 saturated heterocycles. The number of esters is 1. The smallest absolute Gasteiger partial charge is 0.309 e. The lowest BCUT2D eigenvalue weighted by Gasteiger charge is -2.48. The molecule has 0 radical (unpaired) electrons. The van der Waals surface area contributed by atoms with Crippen LogP contribution in [-0.4, -0.2) is 17.9 Å². The second kappa shape index (κ2) is 4.33. The van der Waals surface area contributed by atoms with Gasteiger partial charge in [-0.15, -0.1) is 0 Å². The zero-order valence-corrected chi connectivity index (χ0v) is 12.5. The monoisotopic (exact) mass is 288 g/mol. The van der Waals surface area contributed by atoms with Gasteiger partial charge in [-0.05, 0) is 69.1 Å². The van der Waals surface area contributed by atoms with E-state index in [0.717, 1.165) is 30.6 Å². The van der Waals surface area contributed by atoms with Crippen LogP contribution in [-0.2, 0) is 14.3 Å². The van der Waals surface area contributed by atoms with E-state index in [9.17, 15) is 9.59 Å². The molecule has 0 amide bonds. The van der Waals surface area contributed by atoms with E-state index >= 15 is 0 Å². The lowest BCUT2D eigenvalue weighted by molar-refractivity contribution is -0.143. The number of Topliss-reactive ketones (excluding diaryl/α,β-unsaturated/α-hetero) is 1. The molecule has 0 aromatic rings. The Labute approximate surface area is 125 Å². The summed E-state index contributed by atoms with van der Waals surface area (Å²) in [5, 5.41) is 0. The van der Waals surface area contributed by atoms with Crippen molar-refractivity contribution in [3.8, 4) is 0 Å². The number of carbonyl (C=O) groups is 2. The quantitative estimate of drug-likeness (QED) is 0.644. The summed E-state index contributed by atoms with van der Waals surface area (Å²) in [7, 11) is 0. The van der Waals surface area contributed by atoms with Gasteiger partial charge in [0.1, 0.15) is 11.9 Å². The predicted molar refractivity (Wildman–Crippen MR) is 76.3 cm³/mol. The molecule has 0 spiro atoms. The van der Waals surface area contributed by atoms with Crippen molar-refractivity contribution in [2.45, 2.75) is 57.5 Å². The maximum atomic E-state index is 11.6. The van der Waals surface area contributed by atoms with E-state index < -0.39 is 0 Å². The van der Waals surface area contributed by atoms with Crippen LogP contribution in [0.25, 0.3) is 0 Å². The molecule has 1 heterocycles. The maximum Gasteiger partial charge on any atom is 0.309 e. The lowest BCUT2D eigenvalue weighted by Crippen LogP contribution is -2.45. The SMILES string of the molecule is O=C1C2CC3CC(C2)CC1C3.O=C1OC2CC3CC1C2C3. The standard InChI is InChI=1S/C10H14O.C8H10O2/c11-10-8-2-6-1-7(4-8)5-9(10)3-6;9-8-6-2-4-1-5(6)7(3-4)10-8/h6-9H,1-5H2;4-7H,1-3H2. The van der Waals surface area contributed by atoms with Crippen LogP contribution in [0, 0.1) is 41.4 Å². The fourth-order valence-electron chi connectivity index (χ4n) is 6.58. The molecule has 7 aliphatic rings. The van der Waals surface area contributed by atoms with Crippen molar-refractivity contribution >= 4 is 11.8 Å². The molecule has 0 aromatic heterocycles. The second-order valence-corrected chi connectivity index (χ2v) is 8.53. The van der Waals surface area contributed by atoms with Gasteiger partial charge in [0.15, 0.2) is 0 Å². The molecule has 3 heteroatoms. The van der Waals surface area contributed by atoms with Crippen molar-refractivity contribution in [2.75, 3.05) is 0 Å². The molecule has 114 valence electrons. The summed E-state index contributed by atoms with van der Waals surface area (Å²) in [4.78, 5) is 22.6. The molecule has 7 rings (SSSR count). The number of hydrogen-bond donors (Lipinski definition) is 0. The minimum atomic E-state index is 0.0926. The molecule has 6 bridgehead atoms. The lowest BCUT2D eigenvalue weighted by atomic mass is 9.56. The molecular formula is C18H24O3. The normalized spacial score (nSPS) is 54.7. The fourth-order valence-corrected chi connectivity index (χ4v) is 6.58. The highest BCUT2D eigenvalue weighted by Gasteiger charge is 2.56. The van der Waals surface area contributed by atoms with Crippen molar-refractivity contribution < 1.29 is 14.3 Å². The molecule has 6 saturated carbocycles. The Morgan fingerprint density at radius 1 is 0.714 bits per heavy atom. The van der Waals surface area contributed by atoms with E-state index in [1.54, 1.807) is 0 Å². The average molecular weight is 288 g/mol. The van der Waals surface area contributed by atoms with Crippen LogP contribution in [0.15, 0.2) is 0 Å². The largest absolute Gasteiger partial charge is 0.462 e. The molecule has 4 unspecified atom stereocenters. The van der Waals surface area contributed by atoms with Gasteiger partial charge in [-0.1, -0.05) is 0 Å². The minimum Gasteiger partial charge on any atom is -0.462 e. The van der Waals surface area contributed by atoms with Crippen LogP contribution in [0.1, 0.15) is 51.4 Å². The Hall–Kier alpha value is -0.860. The van der Waals surface area contributed by atoms with Gasteiger partial charge in [0.2, 0.25) is 0 Å². The van der Waals surface area contributed by atoms with E-state index in [4.69, 9.17) is 4.74 Å². The zero-order chi connectivity index (χ0) is 14.1. The highest BCUT2D eigenvalue weighted by atomic mass is 16.6. The molecule has 7 fully saturated rings. The van der Waals surface area contributed by atoms with Crippen LogP contribution < -0.4 is 0 Å². The Balaban J connectivity index is 0.0000000996. The van der Waals surface area contributed by atoms with Crippen molar-refractivity contribution in [2.24, 2.45) is 41.4 Å². The van der Waals surface area contributed by atoms with Crippen LogP contribution >= 0.6 is 0 Å². The van der Waals surface area contributed by atoms with E-state index in [1.807, 2.05) is 0 Å². The van der Waals surface area contributed by atoms with Crippen LogP contribution in [0.5, 0.6) is 0 Å². The second-order valence-electron chi connectivity index (χ2n) is 8.53. The van der Waals surface area contributed by atoms with Gasteiger partial charge in [-0.2, -0.15) is 0 Å². The Morgan fingerprint density at radius 2 is 1.33 bits per heavy atom. The highest BCUT2D eigenvalue weighted by molar-refractivity contribution is 5.85. The van der Waals surface area contributed by atoms with Gasteiger partial charge < -0.3 is 4.74 Å². The zero-order valence-electron chi connectivity index (χ0n) is 12.5. The highest BCUT2D eigenvalue weighted by Crippen LogP contribution is 2.54. The molecular weight excluding hydrogens is 264 g/mol. The van der Waals surface area contributed by atoms with Gasteiger partial charge in [-0.25, -0.2) is 0 Å². The third kappa shape index (κ3) is 1.85. The van der Waals surface area contributed by atoms with Gasteiger partial charge in [0.25, 0.3) is 0 Å². The minimum absolute atomic E-state index is 0.0926. The molecule has 3 nitrogen and oxygen atoms in total. The van der Waals surface area contributed by atoms with E-state index in [1.165, 1.54) is 38.5 Å². The van der Waals surface area contributed by atoms with Gasteiger partial charge in [0.05, 0.1) is 5.92 Å². The van der Waals surface area contributed by atoms with Crippen LogP contribution in [0.2, 0.25) is 0 Å². The first-order valence-electron chi connectivity index (χ1n) is 8.91. The topological polar surface area (TPSA) is 43.4 Å². The van der Waals surface area contributed by atoms with E-state index in [-0.39, 0.29) is 5.97 Å². The molecule has 21 heavy (non-hydrogen) atoms. The number of ether oxygens (including phenoxy) is 1. The summed E-state index contributed by atoms with van der Waals surface area (Å²) >= 11 is 0. The maximum absolute atomic E-state index is 11.6. The summed E-state index contributed by atoms with van der Waals surface area (Å²) in [6.45, 7) is 0. The average Bonchev–Trinajstić information content (AvgIpc) is 3.07. The summed E-state index contributed by atoms with van der Waals surface area (Å²) in [6, 6.07) is 0. The predicted octanol–water partition coefficient (Wildman–Crippen LogP) is 2.97. The van der Waals surface area contributed by atoms with Crippen molar-refractivity contribution in [3.63, 3.8) is 0 Å². The van der Waals surface area contributed by atoms with E-state index in [2.05, 4.69) is 0 Å². The molecule has 0 N–H and O–H groups in total. The first-order valence-corrected chi connectivity index (χ1v) is 8.91. The number of carbonyl (C=O) groups excluding carboxylic acids is 2. The number of rotatable bonds is 0. The number of ketones is 1. The number of fused-ring (bicyclic) bond motifs is 1. The molecule has 1 aliphatic heterocycles. The molecule has 6 aliphatic carbocycles. The third-order valence-electron chi connectivity index (χ3n) is 7.27. The third-order valence-corrected chi connectivity index (χ3v) is 7.27. The fraction of sp³-hybridized carbons (Fsp3) is 0.889. The Bertz CT molecular complexity index is 465. The van der Waals surface area contributed by atoms with Gasteiger partial charge in [0, 0.05) is 17.8 Å². The summed E-state index contributed by atoms with van der Waals surface area (Å²) in [5.74, 6) is 5.36. The van der Waals surface area contributed by atoms with Crippen molar-refractivity contribution in [3.05, 3.63) is 0 Å². The number of hydrogen-bond acceptors (Lipinski definition) is 3. The summed E-state index contributed by atoms with van der Waals surface area (Å²) < 4.78 is 5.20. The van der Waals surface area contributed by atoms with E-state index in [0.29, 0.717) is 35.6 Å². The molecule has 4 atom stereocenters. The first-order chi connectivity index (χ1) is 10.2. The van der Waals surface area contributed by atoms with Gasteiger partial charge in [-0.3, -0.25) is 9.59 Å². The van der Waals surface area contributed by atoms with Crippen LogP contribution in [0.3, 0.4) is 0 Å². The molecule has 0 aromatic carbocycles. The first kappa shape index (κ1) is 12.7. The van der Waals surface area contributed by atoms with Crippen molar-refractivity contribution in [1.29, 1.82) is 0 Å². The van der Waals surface area contributed by atoms with Gasteiger partial charge >= 0.3 is 5.97 Å². The summed E-state index contributed by atoms with van der Waals surface area (Å²) in [5.41, 5.74) is 0. The summed E-state index contributed by atoms with van der Waals surface area (Å²) in [6.07, 6.45) is 10.3.